The van der Waals surface area contributed by atoms with Crippen LogP contribution in [0.2, 0.25) is 0 Å². The van der Waals surface area contributed by atoms with Crippen LogP contribution >= 0.6 is 0 Å². The molecular formula is C7H8F2N2O2S. The molecule has 1 aromatic carbocycles. The van der Waals surface area contributed by atoms with Gasteiger partial charge in [0.05, 0.1) is 0 Å². The van der Waals surface area contributed by atoms with Crippen LogP contribution in [-0.4, -0.2) is 8.42 Å². The zero-order valence-electron chi connectivity index (χ0n) is 7.00. The Morgan fingerprint density at radius 3 is 2.43 bits per heavy atom. The smallest absolute Gasteiger partial charge is 0.216 e. The van der Waals surface area contributed by atoms with Crippen LogP contribution in [0.25, 0.3) is 0 Å². The lowest BCUT2D eigenvalue weighted by molar-refractivity contribution is 0.506. The molecule has 0 aliphatic rings. The fraction of sp³-hybridized carbons (Fsp3) is 0.143. The highest BCUT2D eigenvalue weighted by molar-refractivity contribution is 7.87. The molecule has 0 spiro atoms. The molecule has 0 saturated heterocycles. The van der Waals surface area contributed by atoms with E-state index in [4.69, 9.17) is 0 Å². The predicted octanol–water partition coefficient (Wildman–Crippen LogP) is 0.258. The molecule has 0 saturated carbocycles. The van der Waals surface area contributed by atoms with Crippen LogP contribution in [0.5, 0.6) is 0 Å². The molecule has 0 atom stereocenters. The molecule has 0 fully saturated rings. The second kappa shape index (κ2) is 3.99. The van der Waals surface area contributed by atoms with E-state index in [1.54, 1.807) is 0 Å². The van der Waals surface area contributed by atoms with Crippen LogP contribution < -0.4 is 9.86 Å². The van der Waals surface area contributed by atoms with Crippen LogP contribution in [0.4, 0.5) is 8.78 Å². The molecule has 0 heterocycles. The Labute approximate surface area is 79.9 Å². The number of nitrogens with one attached hydrogen (secondary N) is 1. The Bertz CT molecular complexity index is 433. The lowest BCUT2D eigenvalue weighted by atomic mass is 10.2. The number of halogens is 2. The molecular weight excluding hydrogens is 214 g/mol. The van der Waals surface area contributed by atoms with Crippen molar-refractivity contribution in [1.29, 1.82) is 0 Å². The van der Waals surface area contributed by atoms with Crippen LogP contribution in [-0.2, 0) is 16.8 Å². The summed E-state index contributed by atoms with van der Waals surface area (Å²) in [4.78, 5) is 0. The van der Waals surface area contributed by atoms with Crippen molar-refractivity contribution in [3.63, 3.8) is 0 Å². The van der Waals surface area contributed by atoms with Gasteiger partial charge in [-0.2, -0.15) is 13.1 Å². The van der Waals surface area contributed by atoms with Crippen LogP contribution in [0.15, 0.2) is 18.2 Å². The van der Waals surface area contributed by atoms with E-state index in [2.05, 4.69) is 5.14 Å². The molecule has 78 valence electrons. The third kappa shape index (κ3) is 3.36. The summed E-state index contributed by atoms with van der Waals surface area (Å²) in [5, 5.41) is 4.64. The van der Waals surface area contributed by atoms with Gasteiger partial charge in [0, 0.05) is 6.54 Å². The number of hydrogen-bond acceptors (Lipinski definition) is 2. The number of rotatable bonds is 3. The maximum Gasteiger partial charge on any atom is 0.274 e. The third-order valence-corrected chi connectivity index (χ3v) is 2.01. The van der Waals surface area contributed by atoms with Crippen molar-refractivity contribution in [1.82, 2.24) is 4.72 Å². The summed E-state index contributed by atoms with van der Waals surface area (Å²) in [6.45, 7) is -0.171. The second-order valence-corrected chi connectivity index (χ2v) is 3.99. The van der Waals surface area contributed by atoms with Gasteiger partial charge in [0.1, 0.15) is 0 Å². The van der Waals surface area contributed by atoms with E-state index in [1.807, 2.05) is 4.72 Å². The van der Waals surface area contributed by atoms with Gasteiger partial charge in [0.25, 0.3) is 10.2 Å². The molecule has 0 radical (unpaired) electrons. The lowest BCUT2D eigenvalue weighted by Crippen LogP contribution is -2.30. The van der Waals surface area contributed by atoms with E-state index in [1.165, 1.54) is 6.07 Å². The summed E-state index contributed by atoms with van der Waals surface area (Å²) < 4.78 is 47.9. The monoisotopic (exact) mass is 222 g/mol. The highest BCUT2D eigenvalue weighted by Gasteiger charge is 2.04. The SMILES string of the molecule is NS(=O)(=O)NCc1ccc(F)c(F)c1. The Morgan fingerprint density at radius 2 is 1.93 bits per heavy atom. The molecule has 1 aromatic rings. The zero-order chi connectivity index (χ0) is 10.8. The average molecular weight is 222 g/mol. The van der Waals surface area contributed by atoms with Gasteiger partial charge in [-0.15, -0.1) is 0 Å². The zero-order valence-corrected chi connectivity index (χ0v) is 7.81. The topological polar surface area (TPSA) is 72.2 Å². The quantitative estimate of drug-likeness (QED) is 0.769. The van der Waals surface area contributed by atoms with E-state index in [-0.39, 0.29) is 12.1 Å². The molecule has 0 aromatic heterocycles. The highest BCUT2D eigenvalue weighted by Crippen LogP contribution is 2.08. The standard InChI is InChI=1S/C7H8F2N2O2S/c8-6-2-1-5(3-7(6)9)4-11-14(10,12)13/h1-3,11H,4H2,(H2,10,12,13). The molecule has 4 nitrogen and oxygen atoms in total. The third-order valence-electron chi connectivity index (χ3n) is 1.46. The maximum absolute atomic E-state index is 12.6. The van der Waals surface area contributed by atoms with Gasteiger partial charge in [-0.3, -0.25) is 0 Å². The lowest BCUT2D eigenvalue weighted by Gasteiger charge is -2.02. The summed E-state index contributed by atoms with van der Waals surface area (Å²) >= 11 is 0. The van der Waals surface area contributed by atoms with E-state index in [9.17, 15) is 17.2 Å². The van der Waals surface area contributed by atoms with Crippen molar-refractivity contribution in [3.8, 4) is 0 Å². The summed E-state index contributed by atoms with van der Waals surface area (Å²) in [6, 6.07) is 3.07. The van der Waals surface area contributed by atoms with Gasteiger partial charge in [0.2, 0.25) is 0 Å². The summed E-state index contributed by atoms with van der Waals surface area (Å²) in [5.74, 6) is -2.01. The molecule has 0 unspecified atom stereocenters. The number of benzene rings is 1. The van der Waals surface area contributed by atoms with E-state index in [0.717, 1.165) is 12.1 Å². The number of hydrogen-bond donors (Lipinski definition) is 2. The minimum absolute atomic E-state index is 0.171. The van der Waals surface area contributed by atoms with E-state index < -0.39 is 21.8 Å². The minimum atomic E-state index is -3.81. The first kappa shape index (κ1) is 11.0. The van der Waals surface area contributed by atoms with Crippen molar-refractivity contribution >= 4 is 10.2 Å². The van der Waals surface area contributed by atoms with Crippen molar-refractivity contribution < 1.29 is 17.2 Å². The molecule has 0 aliphatic heterocycles. The number of nitrogens with two attached hydrogens (primary N) is 1. The fourth-order valence-corrected chi connectivity index (χ4v) is 1.20. The first-order valence-corrected chi connectivity index (χ1v) is 5.14. The summed E-state index contributed by atoms with van der Waals surface area (Å²) in [6.07, 6.45) is 0. The molecule has 0 bridgehead atoms. The average Bonchev–Trinajstić information content (AvgIpc) is 2.06. The van der Waals surface area contributed by atoms with Crippen LogP contribution in [0.1, 0.15) is 5.56 Å². The van der Waals surface area contributed by atoms with Crippen molar-refractivity contribution in [3.05, 3.63) is 35.4 Å². The normalized spacial score (nSPS) is 11.6. The van der Waals surface area contributed by atoms with Gasteiger partial charge in [0.15, 0.2) is 11.6 Å². The van der Waals surface area contributed by atoms with Gasteiger partial charge in [-0.05, 0) is 17.7 Å². The summed E-state index contributed by atoms with van der Waals surface area (Å²) in [7, 11) is -3.81. The predicted molar refractivity (Wildman–Crippen MR) is 46.3 cm³/mol. The largest absolute Gasteiger partial charge is 0.274 e. The van der Waals surface area contributed by atoms with Crippen molar-refractivity contribution in [2.45, 2.75) is 6.54 Å². The Balaban J connectivity index is 2.74. The maximum atomic E-state index is 12.6. The first-order valence-electron chi connectivity index (χ1n) is 3.60. The molecule has 0 amide bonds. The molecule has 0 aliphatic carbocycles. The summed E-state index contributed by atoms with van der Waals surface area (Å²) in [5.41, 5.74) is 0.290. The molecule has 7 heteroatoms. The van der Waals surface area contributed by atoms with Crippen LogP contribution in [0.3, 0.4) is 0 Å². The molecule has 1 rings (SSSR count). The van der Waals surface area contributed by atoms with E-state index >= 15 is 0 Å². The second-order valence-electron chi connectivity index (χ2n) is 2.61. The van der Waals surface area contributed by atoms with E-state index in [0.29, 0.717) is 0 Å². The first-order chi connectivity index (χ1) is 6.38. The van der Waals surface area contributed by atoms with Gasteiger partial charge in [-0.25, -0.2) is 13.9 Å². The van der Waals surface area contributed by atoms with Gasteiger partial charge < -0.3 is 0 Å². The fourth-order valence-electron chi connectivity index (χ4n) is 0.834. The molecule has 14 heavy (non-hydrogen) atoms. The van der Waals surface area contributed by atoms with Gasteiger partial charge >= 0.3 is 0 Å². The van der Waals surface area contributed by atoms with Gasteiger partial charge in [-0.1, -0.05) is 6.07 Å². The van der Waals surface area contributed by atoms with Crippen molar-refractivity contribution in [2.24, 2.45) is 5.14 Å². The Morgan fingerprint density at radius 1 is 1.29 bits per heavy atom. The minimum Gasteiger partial charge on any atom is -0.216 e. The van der Waals surface area contributed by atoms with Crippen LogP contribution in [0, 0.1) is 11.6 Å². The molecule has 3 N–H and O–H groups in total. The highest BCUT2D eigenvalue weighted by atomic mass is 32.2. The Hall–Kier alpha value is -1.05. The Kier molecular flexibility index (Phi) is 3.14. The van der Waals surface area contributed by atoms with Crippen molar-refractivity contribution in [2.75, 3.05) is 0 Å².